The Bertz CT molecular complexity index is 349. The minimum Gasteiger partial charge on any atom is -0.463 e. The van der Waals surface area contributed by atoms with Crippen LogP contribution in [0.15, 0.2) is 0 Å². The summed E-state index contributed by atoms with van der Waals surface area (Å²) in [7, 11) is 0. The summed E-state index contributed by atoms with van der Waals surface area (Å²) in [5.41, 5.74) is 0. The summed E-state index contributed by atoms with van der Waals surface area (Å²) in [6.07, 6.45) is 0.821. The fourth-order valence-corrected chi connectivity index (χ4v) is 1.14. The van der Waals surface area contributed by atoms with Crippen molar-refractivity contribution in [3.63, 3.8) is 0 Å². The average molecular weight is 263 g/mol. The van der Waals surface area contributed by atoms with Crippen LogP contribution >= 0.6 is 11.6 Å². The summed E-state index contributed by atoms with van der Waals surface area (Å²) in [5.74, 6) is 0.157. The molecule has 3 N–H and O–H groups in total. The van der Waals surface area contributed by atoms with Gasteiger partial charge in [-0.25, -0.2) is 0 Å². The molecule has 0 bridgehead atoms. The molecule has 8 heteroatoms. The van der Waals surface area contributed by atoms with Gasteiger partial charge < -0.3 is 20.3 Å². The number of rotatable bonds is 7. The Hall–Kier alpha value is -1.18. The Balaban J connectivity index is 2.74. The lowest BCUT2D eigenvalue weighted by Gasteiger charge is -2.13. The fourth-order valence-electron chi connectivity index (χ4n) is 0.986. The molecule has 0 aliphatic heterocycles. The molecule has 1 heterocycles. The van der Waals surface area contributed by atoms with E-state index in [1.807, 2.05) is 6.92 Å². The molecule has 1 aromatic heterocycles. The highest BCUT2D eigenvalue weighted by atomic mass is 35.5. The molecule has 0 unspecified atom stereocenters. The molecule has 0 aliphatic rings. The quantitative estimate of drug-likeness (QED) is 0.640. The summed E-state index contributed by atoms with van der Waals surface area (Å²) < 4.78 is 5.21. The van der Waals surface area contributed by atoms with Crippen molar-refractivity contribution in [3.8, 4) is 6.01 Å². The van der Waals surface area contributed by atoms with E-state index in [-0.39, 0.29) is 30.5 Å². The highest BCUT2D eigenvalue weighted by molar-refractivity contribution is 6.28. The molecule has 0 aromatic carbocycles. The van der Waals surface area contributed by atoms with Crippen molar-refractivity contribution in [3.05, 3.63) is 5.28 Å². The van der Waals surface area contributed by atoms with E-state index < -0.39 is 6.04 Å². The van der Waals surface area contributed by atoms with Crippen molar-refractivity contribution in [2.75, 3.05) is 25.1 Å². The number of nitrogens with zero attached hydrogens (tertiary/aromatic N) is 3. The van der Waals surface area contributed by atoms with E-state index in [0.717, 1.165) is 6.42 Å². The number of anilines is 1. The molecule has 0 atom stereocenters. The second kappa shape index (κ2) is 7.21. The molecule has 7 nitrogen and oxygen atoms in total. The molecule has 0 aliphatic carbocycles. The third-order valence-electron chi connectivity index (χ3n) is 1.80. The third kappa shape index (κ3) is 4.68. The summed E-state index contributed by atoms with van der Waals surface area (Å²) in [6, 6.07) is -0.434. The van der Waals surface area contributed by atoms with Gasteiger partial charge in [0.1, 0.15) is 0 Å². The van der Waals surface area contributed by atoms with Gasteiger partial charge in [0.05, 0.1) is 25.9 Å². The summed E-state index contributed by atoms with van der Waals surface area (Å²) in [5, 5.41) is 20.5. The van der Waals surface area contributed by atoms with Crippen molar-refractivity contribution >= 4 is 17.5 Å². The maximum Gasteiger partial charge on any atom is 0.322 e. The van der Waals surface area contributed by atoms with Crippen LogP contribution < -0.4 is 10.1 Å². The predicted octanol–water partition coefficient (Wildman–Crippen LogP) is 0.0789. The summed E-state index contributed by atoms with van der Waals surface area (Å²) >= 11 is 5.69. The first-order chi connectivity index (χ1) is 8.19. The maximum absolute atomic E-state index is 8.91. The van der Waals surface area contributed by atoms with E-state index in [4.69, 9.17) is 26.6 Å². The number of hydrogen-bond acceptors (Lipinski definition) is 7. The molecule has 1 aromatic rings. The van der Waals surface area contributed by atoms with Crippen LogP contribution in [-0.4, -0.2) is 51.0 Å². The number of hydrogen-bond donors (Lipinski definition) is 3. The monoisotopic (exact) mass is 262 g/mol. The molecule has 17 heavy (non-hydrogen) atoms. The Kier molecular flexibility index (Phi) is 5.88. The van der Waals surface area contributed by atoms with Crippen LogP contribution in [0.3, 0.4) is 0 Å². The number of aliphatic hydroxyl groups excluding tert-OH is 2. The third-order valence-corrected chi connectivity index (χ3v) is 1.97. The second-order valence-corrected chi connectivity index (χ2v) is 3.60. The van der Waals surface area contributed by atoms with E-state index >= 15 is 0 Å². The molecule has 96 valence electrons. The zero-order valence-corrected chi connectivity index (χ0v) is 10.2. The minimum atomic E-state index is -0.549. The number of aliphatic hydroxyl groups is 2. The topological polar surface area (TPSA) is 100 Å². The van der Waals surface area contributed by atoms with Crippen molar-refractivity contribution < 1.29 is 14.9 Å². The SMILES string of the molecule is CCCOc1nc(Cl)nc(NC(CO)CO)n1. The van der Waals surface area contributed by atoms with Crippen LogP contribution in [-0.2, 0) is 0 Å². The van der Waals surface area contributed by atoms with Crippen LogP contribution in [0.25, 0.3) is 0 Å². The summed E-state index contributed by atoms with van der Waals surface area (Å²) in [4.78, 5) is 11.5. The van der Waals surface area contributed by atoms with E-state index in [9.17, 15) is 0 Å². The first-order valence-corrected chi connectivity index (χ1v) is 5.60. The van der Waals surface area contributed by atoms with Crippen LogP contribution in [0, 0.1) is 0 Å². The molecular weight excluding hydrogens is 248 g/mol. The molecule has 0 spiro atoms. The van der Waals surface area contributed by atoms with Crippen molar-refractivity contribution in [1.29, 1.82) is 0 Å². The van der Waals surface area contributed by atoms with Gasteiger partial charge in [-0.1, -0.05) is 6.92 Å². The Morgan fingerprint density at radius 1 is 1.29 bits per heavy atom. The number of nitrogens with one attached hydrogen (secondary N) is 1. The lowest BCUT2D eigenvalue weighted by atomic mass is 10.3. The lowest BCUT2D eigenvalue weighted by molar-refractivity contribution is 0.203. The average Bonchev–Trinajstić information content (AvgIpc) is 2.32. The second-order valence-electron chi connectivity index (χ2n) is 3.27. The lowest BCUT2D eigenvalue weighted by Crippen LogP contribution is -2.28. The highest BCUT2D eigenvalue weighted by Gasteiger charge is 2.10. The van der Waals surface area contributed by atoms with Gasteiger partial charge in [0.2, 0.25) is 11.2 Å². The van der Waals surface area contributed by atoms with Gasteiger partial charge >= 0.3 is 6.01 Å². The summed E-state index contributed by atoms with van der Waals surface area (Å²) in [6.45, 7) is 1.94. The van der Waals surface area contributed by atoms with Crippen LogP contribution in [0.2, 0.25) is 5.28 Å². The van der Waals surface area contributed by atoms with Gasteiger partial charge in [0.15, 0.2) is 0 Å². The molecule has 0 saturated carbocycles. The van der Waals surface area contributed by atoms with Gasteiger partial charge in [-0.05, 0) is 18.0 Å². The van der Waals surface area contributed by atoms with Crippen molar-refractivity contribution in [2.45, 2.75) is 19.4 Å². The molecule has 0 amide bonds. The predicted molar refractivity (Wildman–Crippen MR) is 62.2 cm³/mol. The zero-order valence-electron chi connectivity index (χ0n) is 9.43. The molecule has 0 saturated heterocycles. The van der Waals surface area contributed by atoms with Gasteiger partial charge in [0.25, 0.3) is 0 Å². The Labute approximate surface area is 104 Å². The number of halogens is 1. The van der Waals surface area contributed by atoms with E-state index in [1.165, 1.54) is 0 Å². The Morgan fingerprint density at radius 3 is 2.59 bits per heavy atom. The van der Waals surface area contributed by atoms with Gasteiger partial charge in [-0.2, -0.15) is 15.0 Å². The maximum atomic E-state index is 8.91. The van der Waals surface area contributed by atoms with Crippen molar-refractivity contribution in [1.82, 2.24) is 15.0 Å². The molecule has 0 radical (unpaired) electrons. The van der Waals surface area contributed by atoms with E-state index in [1.54, 1.807) is 0 Å². The minimum absolute atomic E-state index is 0.0109. The van der Waals surface area contributed by atoms with E-state index in [0.29, 0.717) is 6.61 Å². The smallest absolute Gasteiger partial charge is 0.322 e. The largest absolute Gasteiger partial charge is 0.463 e. The standard InChI is InChI=1S/C9H15ClN4O3/c1-2-3-17-9-13-7(10)12-8(14-9)11-6(4-15)5-16/h6,15-16H,2-5H2,1H3,(H,11,12,13,14). The normalized spacial score (nSPS) is 10.6. The molecule has 0 fully saturated rings. The van der Waals surface area contributed by atoms with Gasteiger partial charge in [-0.15, -0.1) is 0 Å². The first kappa shape index (κ1) is 13.9. The Morgan fingerprint density at radius 2 is 2.00 bits per heavy atom. The molecular formula is C9H15ClN4O3. The van der Waals surface area contributed by atoms with Crippen LogP contribution in [0.5, 0.6) is 6.01 Å². The fraction of sp³-hybridized carbons (Fsp3) is 0.667. The number of ether oxygens (including phenoxy) is 1. The van der Waals surface area contributed by atoms with Gasteiger partial charge in [0, 0.05) is 0 Å². The number of aromatic nitrogens is 3. The molecule has 1 rings (SSSR count). The van der Waals surface area contributed by atoms with Crippen molar-refractivity contribution in [2.24, 2.45) is 0 Å². The van der Waals surface area contributed by atoms with Crippen LogP contribution in [0.1, 0.15) is 13.3 Å². The van der Waals surface area contributed by atoms with Gasteiger partial charge in [-0.3, -0.25) is 0 Å². The van der Waals surface area contributed by atoms with E-state index in [2.05, 4.69) is 20.3 Å². The zero-order chi connectivity index (χ0) is 12.7. The van der Waals surface area contributed by atoms with Crippen LogP contribution in [0.4, 0.5) is 5.95 Å². The highest BCUT2D eigenvalue weighted by Crippen LogP contribution is 2.12. The first-order valence-electron chi connectivity index (χ1n) is 5.22.